The number of rotatable bonds is 4. The third kappa shape index (κ3) is 3.53. The molecule has 7 nitrogen and oxygen atoms in total. The van der Waals surface area contributed by atoms with Gasteiger partial charge < -0.3 is 4.74 Å². The van der Waals surface area contributed by atoms with Crippen LogP contribution in [-0.2, 0) is 11.3 Å². The fourth-order valence-corrected chi connectivity index (χ4v) is 3.88. The van der Waals surface area contributed by atoms with Gasteiger partial charge >= 0.3 is 0 Å². The molecule has 2 aromatic heterocycles. The Balaban J connectivity index is 1.39. The SMILES string of the molecule is O=c1cc(CN2CCC[C@@H](CN3CCOCC3)C2)nc2cc[nH]n12. The Hall–Kier alpha value is -1.70. The third-order valence-electron chi connectivity index (χ3n) is 5.04. The van der Waals surface area contributed by atoms with Crippen molar-refractivity contribution in [2.75, 3.05) is 45.9 Å². The summed E-state index contributed by atoms with van der Waals surface area (Å²) in [6.07, 6.45) is 4.26. The molecule has 4 rings (SSSR count). The van der Waals surface area contributed by atoms with Crippen LogP contribution in [-0.4, -0.2) is 70.3 Å². The summed E-state index contributed by atoms with van der Waals surface area (Å²) in [5.41, 5.74) is 1.52. The van der Waals surface area contributed by atoms with Crippen molar-refractivity contribution in [2.24, 2.45) is 5.92 Å². The molecule has 0 radical (unpaired) electrons. The molecule has 24 heavy (non-hydrogen) atoms. The maximum Gasteiger partial charge on any atom is 0.272 e. The van der Waals surface area contributed by atoms with Crippen LogP contribution in [0.2, 0.25) is 0 Å². The van der Waals surface area contributed by atoms with Crippen molar-refractivity contribution in [3.05, 3.63) is 34.4 Å². The highest BCUT2D eigenvalue weighted by Gasteiger charge is 2.23. The van der Waals surface area contributed by atoms with E-state index in [-0.39, 0.29) is 5.56 Å². The fraction of sp³-hybridized carbons (Fsp3) is 0.647. The summed E-state index contributed by atoms with van der Waals surface area (Å²) in [5.74, 6) is 0.703. The number of likely N-dealkylation sites (tertiary alicyclic amines) is 1. The molecule has 2 saturated heterocycles. The van der Waals surface area contributed by atoms with E-state index in [1.165, 1.54) is 17.4 Å². The second-order valence-electron chi connectivity index (χ2n) is 6.90. The van der Waals surface area contributed by atoms with E-state index in [0.717, 1.165) is 58.2 Å². The van der Waals surface area contributed by atoms with Gasteiger partial charge in [-0.15, -0.1) is 0 Å². The van der Waals surface area contributed by atoms with Gasteiger partial charge in [0.1, 0.15) is 0 Å². The van der Waals surface area contributed by atoms with Crippen molar-refractivity contribution in [1.82, 2.24) is 24.4 Å². The standard InChI is InChI=1S/C17H25N5O2/c23-17-10-15(19-16-3-4-18-22(16)17)13-21-5-1-2-14(12-21)11-20-6-8-24-9-7-20/h3-4,10,14,18H,1-2,5-9,11-13H2/t14-/m0/s1. The van der Waals surface area contributed by atoms with E-state index in [9.17, 15) is 4.79 Å². The average Bonchev–Trinajstić information content (AvgIpc) is 3.05. The summed E-state index contributed by atoms with van der Waals surface area (Å²) in [6, 6.07) is 3.48. The van der Waals surface area contributed by atoms with E-state index >= 15 is 0 Å². The third-order valence-corrected chi connectivity index (χ3v) is 5.04. The number of hydrogen-bond acceptors (Lipinski definition) is 5. The molecule has 0 amide bonds. The molecule has 0 unspecified atom stereocenters. The maximum absolute atomic E-state index is 12.1. The minimum Gasteiger partial charge on any atom is -0.379 e. The van der Waals surface area contributed by atoms with Crippen LogP contribution in [0.15, 0.2) is 23.1 Å². The second kappa shape index (κ2) is 7.04. The van der Waals surface area contributed by atoms with E-state index in [1.807, 2.05) is 6.07 Å². The molecule has 4 heterocycles. The molecule has 0 spiro atoms. The summed E-state index contributed by atoms with van der Waals surface area (Å²) < 4.78 is 6.91. The molecule has 130 valence electrons. The monoisotopic (exact) mass is 331 g/mol. The van der Waals surface area contributed by atoms with Crippen molar-refractivity contribution in [3.8, 4) is 0 Å². The van der Waals surface area contributed by atoms with Gasteiger partial charge in [0.25, 0.3) is 5.56 Å². The number of hydrogen-bond donors (Lipinski definition) is 1. The molecule has 1 atom stereocenters. The molecule has 2 fully saturated rings. The van der Waals surface area contributed by atoms with Crippen molar-refractivity contribution in [3.63, 3.8) is 0 Å². The Morgan fingerprint density at radius 2 is 2.12 bits per heavy atom. The number of nitrogens with zero attached hydrogens (tertiary/aromatic N) is 4. The van der Waals surface area contributed by atoms with Gasteiger partial charge in [0.05, 0.1) is 18.9 Å². The lowest BCUT2D eigenvalue weighted by Gasteiger charge is -2.36. The number of morpholine rings is 1. The van der Waals surface area contributed by atoms with Gasteiger partial charge in [-0.3, -0.25) is 19.7 Å². The van der Waals surface area contributed by atoms with Gasteiger partial charge in [-0.25, -0.2) is 9.50 Å². The van der Waals surface area contributed by atoms with Gasteiger partial charge in [0.15, 0.2) is 5.65 Å². The number of H-pyrrole nitrogens is 1. The summed E-state index contributed by atoms with van der Waals surface area (Å²) in [4.78, 5) is 21.6. The summed E-state index contributed by atoms with van der Waals surface area (Å²) in [5, 5.41) is 2.88. The highest BCUT2D eigenvalue weighted by molar-refractivity contribution is 5.36. The molecule has 0 aromatic carbocycles. The minimum atomic E-state index is -0.0399. The molecule has 2 aromatic rings. The molecule has 0 saturated carbocycles. The number of aromatic amines is 1. The van der Waals surface area contributed by atoms with Crippen LogP contribution in [0.5, 0.6) is 0 Å². The van der Waals surface area contributed by atoms with Gasteiger partial charge in [0, 0.05) is 51.1 Å². The zero-order chi connectivity index (χ0) is 16.4. The lowest BCUT2D eigenvalue weighted by molar-refractivity contribution is 0.0223. The van der Waals surface area contributed by atoms with E-state index in [4.69, 9.17) is 4.74 Å². The normalized spacial score (nSPS) is 23.8. The Bertz CT molecular complexity index is 734. The Kier molecular flexibility index (Phi) is 4.64. The minimum absolute atomic E-state index is 0.0399. The van der Waals surface area contributed by atoms with Gasteiger partial charge in [-0.1, -0.05) is 0 Å². The smallest absolute Gasteiger partial charge is 0.272 e. The maximum atomic E-state index is 12.1. The van der Waals surface area contributed by atoms with E-state index in [1.54, 1.807) is 12.3 Å². The number of piperidine rings is 1. The highest BCUT2D eigenvalue weighted by Crippen LogP contribution is 2.19. The number of aromatic nitrogens is 3. The van der Waals surface area contributed by atoms with Crippen molar-refractivity contribution in [2.45, 2.75) is 19.4 Å². The first-order chi connectivity index (χ1) is 11.8. The van der Waals surface area contributed by atoms with Crippen LogP contribution in [0.4, 0.5) is 0 Å². The largest absolute Gasteiger partial charge is 0.379 e. The second-order valence-corrected chi connectivity index (χ2v) is 6.90. The molecular formula is C17H25N5O2. The predicted octanol–water partition coefficient (Wildman–Crippen LogP) is 0.567. The number of nitrogens with one attached hydrogen (secondary N) is 1. The van der Waals surface area contributed by atoms with Crippen LogP contribution in [0.1, 0.15) is 18.5 Å². The molecule has 2 aliphatic rings. The molecule has 1 N–H and O–H groups in total. The first kappa shape index (κ1) is 15.8. The molecule has 7 heteroatoms. The Morgan fingerprint density at radius 1 is 1.25 bits per heavy atom. The Labute approximate surface area is 141 Å². The molecule has 2 aliphatic heterocycles. The fourth-order valence-electron chi connectivity index (χ4n) is 3.88. The van der Waals surface area contributed by atoms with Crippen LogP contribution in [0.3, 0.4) is 0 Å². The first-order valence-corrected chi connectivity index (χ1v) is 8.86. The van der Waals surface area contributed by atoms with Crippen LogP contribution < -0.4 is 5.56 Å². The van der Waals surface area contributed by atoms with E-state index in [0.29, 0.717) is 11.6 Å². The van der Waals surface area contributed by atoms with Crippen LogP contribution in [0.25, 0.3) is 5.65 Å². The first-order valence-electron chi connectivity index (χ1n) is 8.86. The van der Waals surface area contributed by atoms with Crippen molar-refractivity contribution >= 4 is 5.65 Å². The molecule has 0 bridgehead atoms. The van der Waals surface area contributed by atoms with E-state index < -0.39 is 0 Å². The van der Waals surface area contributed by atoms with Crippen molar-refractivity contribution < 1.29 is 4.74 Å². The van der Waals surface area contributed by atoms with Crippen molar-refractivity contribution in [1.29, 1.82) is 0 Å². The van der Waals surface area contributed by atoms with Gasteiger partial charge in [-0.2, -0.15) is 0 Å². The highest BCUT2D eigenvalue weighted by atomic mass is 16.5. The zero-order valence-electron chi connectivity index (χ0n) is 14.0. The lowest BCUT2D eigenvalue weighted by Crippen LogP contribution is -2.44. The van der Waals surface area contributed by atoms with E-state index in [2.05, 4.69) is 19.9 Å². The molecule has 0 aliphatic carbocycles. The average molecular weight is 331 g/mol. The van der Waals surface area contributed by atoms with Gasteiger partial charge in [-0.05, 0) is 25.3 Å². The Morgan fingerprint density at radius 3 is 3.00 bits per heavy atom. The van der Waals surface area contributed by atoms with Gasteiger partial charge in [0.2, 0.25) is 0 Å². The summed E-state index contributed by atoms with van der Waals surface area (Å²) in [6.45, 7) is 7.93. The van der Waals surface area contributed by atoms with Crippen LogP contribution >= 0.6 is 0 Å². The topological polar surface area (TPSA) is 65.9 Å². The number of fused-ring (bicyclic) bond motifs is 1. The summed E-state index contributed by atoms with van der Waals surface area (Å²) in [7, 11) is 0. The lowest BCUT2D eigenvalue weighted by atomic mass is 9.97. The number of ether oxygens (including phenoxy) is 1. The summed E-state index contributed by atoms with van der Waals surface area (Å²) >= 11 is 0. The quantitative estimate of drug-likeness (QED) is 0.887. The van der Waals surface area contributed by atoms with Crippen LogP contribution in [0, 0.1) is 5.92 Å². The molecular weight excluding hydrogens is 306 g/mol. The zero-order valence-corrected chi connectivity index (χ0v) is 14.0. The predicted molar refractivity (Wildman–Crippen MR) is 91.1 cm³/mol.